The lowest BCUT2D eigenvalue weighted by molar-refractivity contribution is -0.116. The van der Waals surface area contributed by atoms with Gasteiger partial charge in [-0.3, -0.25) is 4.79 Å². The van der Waals surface area contributed by atoms with Crippen molar-refractivity contribution in [1.82, 2.24) is 5.32 Å². The van der Waals surface area contributed by atoms with Crippen LogP contribution >= 0.6 is 11.6 Å². The summed E-state index contributed by atoms with van der Waals surface area (Å²) in [6.45, 7) is 1.76. The molecule has 0 heterocycles. The van der Waals surface area contributed by atoms with Crippen LogP contribution in [0, 0.1) is 5.82 Å². The Hall–Kier alpha value is -1.39. The Morgan fingerprint density at radius 2 is 2.35 bits per heavy atom. The first-order valence-electron chi connectivity index (χ1n) is 5.08. The van der Waals surface area contributed by atoms with Crippen LogP contribution in [0.3, 0.4) is 0 Å². The van der Waals surface area contributed by atoms with Crippen LogP contribution in [0.25, 0.3) is 6.08 Å². The molecule has 0 aliphatic carbocycles. The Labute approximate surface area is 104 Å². The number of carbonyl (C=O) groups is 1. The summed E-state index contributed by atoms with van der Waals surface area (Å²) in [6, 6.07) is 4.17. The van der Waals surface area contributed by atoms with Gasteiger partial charge in [0, 0.05) is 12.6 Å². The van der Waals surface area contributed by atoms with Gasteiger partial charge in [-0.2, -0.15) is 0 Å². The molecule has 1 amide bonds. The van der Waals surface area contributed by atoms with Crippen LogP contribution in [0.4, 0.5) is 4.39 Å². The normalized spacial score (nSPS) is 12.7. The molecule has 0 unspecified atom stereocenters. The third-order valence-corrected chi connectivity index (χ3v) is 2.23. The monoisotopic (exact) mass is 257 g/mol. The second-order valence-corrected chi connectivity index (χ2v) is 4.01. The van der Waals surface area contributed by atoms with Gasteiger partial charge < -0.3 is 10.4 Å². The van der Waals surface area contributed by atoms with Crippen molar-refractivity contribution in [2.24, 2.45) is 0 Å². The van der Waals surface area contributed by atoms with Gasteiger partial charge in [-0.15, -0.1) is 0 Å². The van der Waals surface area contributed by atoms with E-state index < -0.39 is 11.9 Å². The molecule has 2 N–H and O–H groups in total. The van der Waals surface area contributed by atoms with Gasteiger partial charge >= 0.3 is 0 Å². The Bertz CT molecular complexity index is 433. The zero-order valence-corrected chi connectivity index (χ0v) is 10.0. The zero-order valence-electron chi connectivity index (χ0n) is 9.28. The van der Waals surface area contributed by atoms with Crippen LogP contribution in [-0.4, -0.2) is 23.7 Å². The van der Waals surface area contributed by atoms with E-state index in [9.17, 15) is 9.18 Å². The van der Waals surface area contributed by atoms with E-state index in [0.717, 1.165) is 0 Å². The van der Waals surface area contributed by atoms with Crippen LogP contribution in [0.15, 0.2) is 24.3 Å². The summed E-state index contributed by atoms with van der Waals surface area (Å²) < 4.78 is 12.8. The summed E-state index contributed by atoms with van der Waals surface area (Å²) in [5.41, 5.74) is 0.628. The molecule has 0 aliphatic heterocycles. The second-order valence-electron chi connectivity index (χ2n) is 3.60. The fraction of sp³-hybridized carbons (Fsp3) is 0.250. The molecule has 0 saturated carbocycles. The van der Waals surface area contributed by atoms with Crippen LogP contribution in [0.5, 0.6) is 0 Å². The average molecular weight is 258 g/mol. The van der Waals surface area contributed by atoms with Gasteiger partial charge in [0.25, 0.3) is 0 Å². The number of hydrogen-bond acceptors (Lipinski definition) is 2. The third-order valence-electron chi connectivity index (χ3n) is 1.94. The Morgan fingerprint density at radius 3 is 2.94 bits per heavy atom. The van der Waals surface area contributed by atoms with E-state index in [4.69, 9.17) is 16.7 Å². The van der Waals surface area contributed by atoms with Crippen molar-refractivity contribution in [1.29, 1.82) is 0 Å². The Morgan fingerprint density at radius 1 is 1.65 bits per heavy atom. The van der Waals surface area contributed by atoms with E-state index in [1.807, 2.05) is 0 Å². The summed E-state index contributed by atoms with van der Waals surface area (Å²) in [5, 5.41) is 11.5. The molecule has 0 aromatic heterocycles. The van der Waals surface area contributed by atoms with Crippen LogP contribution in [0.1, 0.15) is 12.5 Å². The highest BCUT2D eigenvalue weighted by molar-refractivity contribution is 6.30. The van der Waals surface area contributed by atoms with Crippen LogP contribution in [0.2, 0.25) is 5.02 Å². The maximum atomic E-state index is 12.8. The molecule has 0 bridgehead atoms. The van der Waals surface area contributed by atoms with Crippen LogP contribution in [-0.2, 0) is 4.79 Å². The minimum Gasteiger partial charge on any atom is -0.392 e. The zero-order chi connectivity index (χ0) is 12.8. The maximum Gasteiger partial charge on any atom is 0.244 e. The SMILES string of the molecule is C[C@@H](O)CNC(=O)/C=C/c1ccc(F)c(Cl)c1. The fourth-order valence-electron chi connectivity index (χ4n) is 1.10. The number of amides is 1. The third kappa shape index (κ3) is 4.97. The standard InChI is InChI=1S/C12H13ClFNO2/c1-8(16)7-15-12(17)5-3-9-2-4-11(14)10(13)6-9/h2-6,8,16H,7H2,1H3,(H,15,17)/b5-3+/t8-/m1/s1. The predicted molar refractivity (Wildman–Crippen MR) is 65.1 cm³/mol. The number of aliphatic hydroxyl groups excluding tert-OH is 1. The van der Waals surface area contributed by atoms with E-state index in [1.54, 1.807) is 6.92 Å². The van der Waals surface area contributed by atoms with Crippen molar-refractivity contribution < 1.29 is 14.3 Å². The largest absolute Gasteiger partial charge is 0.392 e. The molecule has 5 heteroatoms. The number of nitrogens with one attached hydrogen (secondary N) is 1. The van der Waals surface area contributed by atoms with Crippen molar-refractivity contribution in [3.63, 3.8) is 0 Å². The number of benzene rings is 1. The molecule has 92 valence electrons. The minimum atomic E-state index is -0.590. The lowest BCUT2D eigenvalue weighted by Crippen LogP contribution is -2.28. The van der Waals surface area contributed by atoms with Gasteiger partial charge in [-0.05, 0) is 30.7 Å². The van der Waals surface area contributed by atoms with Crippen LogP contribution < -0.4 is 5.32 Å². The van der Waals surface area contributed by atoms with Gasteiger partial charge in [0.2, 0.25) is 5.91 Å². The Balaban J connectivity index is 2.58. The number of aliphatic hydroxyl groups is 1. The number of carbonyl (C=O) groups excluding carboxylic acids is 1. The predicted octanol–water partition coefficient (Wildman–Crippen LogP) is 1.99. The smallest absolute Gasteiger partial charge is 0.244 e. The molecule has 1 atom stereocenters. The van der Waals surface area contributed by atoms with Gasteiger partial charge in [0.15, 0.2) is 0 Å². The average Bonchev–Trinajstić information content (AvgIpc) is 2.28. The molecule has 0 aliphatic rings. The molecule has 1 aromatic rings. The van der Waals surface area contributed by atoms with E-state index in [2.05, 4.69) is 5.32 Å². The highest BCUT2D eigenvalue weighted by Gasteiger charge is 2.00. The number of halogens is 2. The van der Waals surface area contributed by atoms with E-state index in [1.165, 1.54) is 30.4 Å². The second kappa shape index (κ2) is 6.37. The number of rotatable bonds is 4. The minimum absolute atomic E-state index is 0.0107. The molecule has 1 rings (SSSR count). The topological polar surface area (TPSA) is 49.3 Å². The summed E-state index contributed by atoms with van der Waals surface area (Å²) in [6.07, 6.45) is 2.22. The lowest BCUT2D eigenvalue weighted by atomic mass is 10.2. The molecular formula is C12H13ClFNO2. The summed E-state index contributed by atoms with van der Waals surface area (Å²) in [5.74, 6) is -0.825. The van der Waals surface area contributed by atoms with E-state index in [0.29, 0.717) is 5.56 Å². The highest BCUT2D eigenvalue weighted by Crippen LogP contribution is 2.16. The fourth-order valence-corrected chi connectivity index (χ4v) is 1.28. The maximum absolute atomic E-state index is 12.8. The molecule has 0 spiro atoms. The highest BCUT2D eigenvalue weighted by atomic mass is 35.5. The first-order chi connectivity index (χ1) is 7.99. The van der Waals surface area contributed by atoms with E-state index in [-0.39, 0.29) is 17.5 Å². The summed E-state index contributed by atoms with van der Waals surface area (Å²) in [7, 11) is 0. The molecular weight excluding hydrogens is 245 g/mol. The van der Waals surface area contributed by atoms with Crippen molar-refractivity contribution >= 4 is 23.6 Å². The van der Waals surface area contributed by atoms with Crippen molar-refractivity contribution in [3.05, 3.63) is 40.7 Å². The summed E-state index contributed by atoms with van der Waals surface area (Å²) >= 11 is 5.59. The molecule has 0 fully saturated rings. The van der Waals surface area contributed by atoms with Crippen molar-refractivity contribution in [2.45, 2.75) is 13.0 Å². The van der Waals surface area contributed by atoms with Gasteiger partial charge in [0.05, 0.1) is 11.1 Å². The van der Waals surface area contributed by atoms with Crippen molar-refractivity contribution in [3.8, 4) is 0 Å². The molecule has 0 radical (unpaired) electrons. The first-order valence-corrected chi connectivity index (χ1v) is 5.46. The number of hydrogen-bond donors (Lipinski definition) is 2. The van der Waals surface area contributed by atoms with Gasteiger partial charge in [0.1, 0.15) is 5.82 Å². The molecule has 17 heavy (non-hydrogen) atoms. The molecule has 3 nitrogen and oxygen atoms in total. The summed E-state index contributed by atoms with van der Waals surface area (Å²) in [4.78, 5) is 11.3. The quantitative estimate of drug-likeness (QED) is 0.811. The van der Waals surface area contributed by atoms with E-state index >= 15 is 0 Å². The van der Waals surface area contributed by atoms with Gasteiger partial charge in [-0.25, -0.2) is 4.39 Å². The first kappa shape index (κ1) is 13.7. The van der Waals surface area contributed by atoms with Gasteiger partial charge in [-0.1, -0.05) is 17.7 Å². The lowest BCUT2D eigenvalue weighted by Gasteiger charge is -2.03. The molecule has 0 saturated heterocycles. The Kier molecular flexibility index (Phi) is 5.12. The molecule has 1 aromatic carbocycles. The van der Waals surface area contributed by atoms with Crippen molar-refractivity contribution in [2.75, 3.05) is 6.54 Å².